The molecule has 0 spiro atoms. The third-order valence-corrected chi connectivity index (χ3v) is 4.43. The molecule has 0 fully saturated rings. The van der Waals surface area contributed by atoms with Gasteiger partial charge in [0.25, 0.3) is 0 Å². The largest absolute Gasteiger partial charge is 0.469 e. The maximum absolute atomic E-state index is 13.9. The van der Waals surface area contributed by atoms with Gasteiger partial charge in [-0.3, -0.25) is 4.79 Å². The van der Waals surface area contributed by atoms with Gasteiger partial charge in [0.05, 0.1) is 19.0 Å². The van der Waals surface area contributed by atoms with Crippen molar-refractivity contribution in [1.29, 1.82) is 0 Å². The molecule has 0 amide bonds. The summed E-state index contributed by atoms with van der Waals surface area (Å²) in [5.41, 5.74) is 3.10. The highest BCUT2D eigenvalue weighted by Crippen LogP contribution is 2.39. The second-order valence-electron chi connectivity index (χ2n) is 6.07. The average Bonchev–Trinajstić information content (AvgIpc) is 2.98. The van der Waals surface area contributed by atoms with Crippen LogP contribution in [-0.4, -0.2) is 17.6 Å². The molecule has 0 radical (unpaired) electrons. The Kier molecular flexibility index (Phi) is 3.47. The number of aryl methyl sites for hydroxylation is 1. The SMILES string of the molecule is COC(=O)C[C@H]1CCn2c1cc1c(C(C)C)cc(F)cc12. The fraction of sp³-hybridized carbons (Fsp3) is 0.471. The monoisotopic (exact) mass is 289 g/mol. The Hall–Kier alpha value is -1.84. The quantitative estimate of drug-likeness (QED) is 0.801. The smallest absolute Gasteiger partial charge is 0.306 e. The standard InChI is InChI=1S/C17H20FNO2/c1-10(2)13-7-12(18)8-16-14(13)9-15-11(4-5-19(15)16)6-17(20)21-3/h7-11H,4-6H2,1-3H3/t11-/m1/s1. The van der Waals surface area contributed by atoms with Crippen molar-refractivity contribution in [3.8, 4) is 0 Å². The predicted octanol–water partition coefficient (Wildman–Crippen LogP) is 3.95. The number of ether oxygens (including phenoxy) is 1. The number of esters is 1. The number of fused-ring (bicyclic) bond motifs is 3. The highest BCUT2D eigenvalue weighted by Gasteiger charge is 2.28. The molecule has 0 unspecified atom stereocenters. The summed E-state index contributed by atoms with van der Waals surface area (Å²) < 4.78 is 20.8. The summed E-state index contributed by atoms with van der Waals surface area (Å²) in [5.74, 6) is 0.0656. The van der Waals surface area contributed by atoms with Crippen molar-refractivity contribution in [2.24, 2.45) is 0 Å². The fourth-order valence-corrected chi connectivity index (χ4v) is 3.36. The van der Waals surface area contributed by atoms with Crippen molar-refractivity contribution < 1.29 is 13.9 Å². The summed E-state index contributed by atoms with van der Waals surface area (Å²) in [6, 6.07) is 5.36. The zero-order valence-electron chi connectivity index (χ0n) is 12.6. The summed E-state index contributed by atoms with van der Waals surface area (Å²) in [7, 11) is 1.42. The molecule has 1 aliphatic rings. The Bertz CT molecular complexity index is 702. The molecule has 4 heteroatoms. The number of carbonyl (C=O) groups is 1. The lowest BCUT2D eigenvalue weighted by Gasteiger charge is -2.09. The first kappa shape index (κ1) is 14.1. The van der Waals surface area contributed by atoms with Crippen LogP contribution in [0.2, 0.25) is 0 Å². The lowest BCUT2D eigenvalue weighted by Crippen LogP contribution is -2.06. The van der Waals surface area contributed by atoms with Gasteiger partial charge in [-0.2, -0.15) is 0 Å². The minimum atomic E-state index is -0.191. The van der Waals surface area contributed by atoms with E-state index >= 15 is 0 Å². The van der Waals surface area contributed by atoms with Gasteiger partial charge in [0.2, 0.25) is 0 Å². The number of benzene rings is 1. The minimum absolute atomic E-state index is 0.174. The Morgan fingerprint density at radius 3 is 2.86 bits per heavy atom. The van der Waals surface area contributed by atoms with Gasteiger partial charge in [-0.25, -0.2) is 4.39 Å². The molecule has 1 aromatic heterocycles. The van der Waals surface area contributed by atoms with Crippen LogP contribution in [0.3, 0.4) is 0 Å². The molecule has 0 saturated heterocycles. The summed E-state index contributed by atoms with van der Waals surface area (Å²) in [6.07, 6.45) is 1.31. The number of carbonyl (C=O) groups excluding carboxylic acids is 1. The molecule has 21 heavy (non-hydrogen) atoms. The maximum atomic E-state index is 13.9. The molecule has 3 rings (SSSR count). The van der Waals surface area contributed by atoms with Gasteiger partial charge in [-0.15, -0.1) is 0 Å². The third-order valence-electron chi connectivity index (χ3n) is 4.43. The van der Waals surface area contributed by atoms with E-state index in [0.717, 1.165) is 35.1 Å². The number of halogens is 1. The Morgan fingerprint density at radius 1 is 1.43 bits per heavy atom. The summed E-state index contributed by atoms with van der Waals surface area (Å²) in [4.78, 5) is 11.5. The van der Waals surface area contributed by atoms with E-state index in [9.17, 15) is 9.18 Å². The Morgan fingerprint density at radius 2 is 2.19 bits per heavy atom. The van der Waals surface area contributed by atoms with Crippen LogP contribution in [-0.2, 0) is 16.1 Å². The zero-order chi connectivity index (χ0) is 15.1. The van der Waals surface area contributed by atoms with Gasteiger partial charge in [0.1, 0.15) is 5.82 Å². The second-order valence-corrected chi connectivity index (χ2v) is 6.07. The molecule has 1 atom stereocenters. The van der Waals surface area contributed by atoms with E-state index in [4.69, 9.17) is 4.74 Å². The molecule has 2 heterocycles. The number of aromatic nitrogens is 1. The molecule has 2 aromatic rings. The van der Waals surface area contributed by atoms with E-state index < -0.39 is 0 Å². The van der Waals surface area contributed by atoms with Gasteiger partial charge in [-0.1, -0.05) is 13.8 Å². The third kappa shape index (κ3) is 2.33. The van der Waals surface area contributed by atoms with E-state index in [2.05, 4.69) is 24.5 Å². The van der Waals surface area contributed by atoms with Crippen molar-refractivity contribution >= 4 is 16.9 Å². The molecule has 0 bridgehead atoms. The van der Waals surface area contributed by atoms with E-state index in [-0.39, 0.29) is 23.6 Å². The van der Waals surface area contributed by atoms with Crippen LogP contribution >= 0.6 is 0 Å². The van der Waals surface area contributed by atoms with Gasteiger partial charge >= 0.3 is 5.97 Å². The fourth-order valence-electron chi connectivity index (χ4n) is 3.36. The minimum Gasteiger partial charge on any atom is -0.469 e. The average molecular weight is 289 g/mol. The van der Waals surface area contributed by atoms with Crippen LogP contribution in [0.15, 0.2) is 18.2 Å². The number of hydrogen-bond donors (Lipinski definition) is 0. The molecule has 3 nitrogen and oxygen atoms in total. The number of rotatable bonds is 3. The van der Waals surface area contributed by atoms with Crippen LogP contribution in [0.4, 0.5) is 4.39 Å². The van der Waals surface area contributed by atoms with Gasteiger partial charge in [0, 0.05) is 23.5 Å². The van der Waals surface area contributed by atoms with Gasteiger partial charge < -0.3 is 9.30 Å². The van der Waals surface area contributed by atoms with Crippen LogP contribution < -0.4 is 0 Å². The van der Waals surface area contributed by atoms with Crippen molar-refractivity contribution in [2.45, 2.75) is 45.1 Å². The number of nitrogens with zero attached hydrogens (tertiary/aromatic N) is 1. The van der Waals surface area contributed by atoms with E-state index in [1.54, 1.807) is 12.1 Å². The zero-order valence-corrected chi connectivity index (χ0v) is 12.6. The summed E-state index contributed by atoms with van der Waals surface area (Å²) in [5, 5.41) is 1.11. The van der Waals surface area contributed by atoms with Crippen molar-refractivity contribution in [3.63, 3.8) is 0 Å². The van der Waals surface area contributed by atoms with Crippen LogP contribution in [0.5, 0.6) is 0 Å². The first-order chi connectivity index (χ1) is 10.0. The Balaban J connectivity index is 2.10. The molecule has 112 valence electrons. The molecule has 0 saturated carbocycles. The highest BCUT2D eigenvalue weighted by atomic mass is 19.1. The topological polar surface area (TPSA) is 31.2 Å². The molecule has 1 aliphatic heterocycles. The van der Waals surface area contributed by atoms with Crippen molar-refractivity contribution in [3.05, 3.63) is 35.3 Å². The first-order valence-electron chi connectivity index (χ1n) is 7.40. The Labute approximate surface area is 123 Å². The second kappa shape index (κ2) is 5.17. The number of hydrogen-bond acceptors (Lipinski definition) is 2. The first-order valence-corrected chi connectivity index (χ1v) is 7.40. The van der Waals surface area contributed by atoms with E-state index in [1.165, 1.54) is 7.11 Å². The lowest BCUT2D eigenvalue weighted by molar-refractivity contribution is -0.141. The van der Waals surface area contributed by atoms with E-state index in [0.29, 0.717) is 6.42 Å². The predicted molar refractivity (Wildman–Crippen MR) is 80.0 cm³/mol. The van der Waals surface area contributed by atoms with Crippen LogP contribution in [0.1, 0.15) is 49.8 Å². The highest BCUT2D eigenvalue weighted by molar-refractivity contribution is 5.86. The summed E-state index contributed by atoms with van der Waals surface area (Å²) in [6.45, 7) is 4.98. The van der Waals surface area contributed by atoms with Crippen molar-refractivity contribution in [2.75, 3.05) is 7.11 Å². The molecule has 0 aliphatic carbocycles. The van der Waals surface area contributed by atoms with Crippen LogP contribution in [0, 0.1) is 5.82 Å². The molecule has 1 aromatic carbocycles. The molecular formula is C17H20FNO2. The summed E-state index contributed by atoms with van der Waals surface area (Å²) >= 11 is 0. The molecular weight excluding hydrogens is 269 g/mol. The van der Waals surface area contributed by atoms with Gasteiger partial charge in [-0.05, 0) is 36.1 Å². The maximum Gasteiger partial charge on any atom is 0.306 e. The van der Waals surface area contributed by atoms with Crippen LogP contribution in [0.25, 0.3) is 10.9 Å². The van der Waals surface area contributed by atoms with Gasteiger partial charge in [0.15, 0.2) is 0 Å². The lowest BCUT2D eigenvalue weighted by atomic mass is 9.96. The molecule has 0 N–H and O–H groups in total. The van der Waals surface area contributed by atoms with Crippen molar-refractivity contribution in [1.82, 2.24) is 4.57 Å². The normalized spacial score (nSPS) is 17.5. The number of methoxy groups -OCH3 is 1. The van der Waals surface area contributed by atoms with E-state index in [1.807, 2.05) is 0 Å².